The number of hydrogen-bond donors (Lipinski definition) is 2. The normalized spacial score (nSPS) is 16.6. The molecule has 0 unspecified atom stereocenters. The summed E-state index contributed by atoms with van der Waals surface area (Å²) in [4.78, 5) is 6.88. The van der Waals surface area contributed by atoms with E-state index in [9.17, 15) is 0 Å². The zero-order valence-corrected chi connectivity index (χ0v) is 12.1. The van der Waals surface area contributed by atoms with E-state index in [1.54, 1.807) is 10.7 Å². The van der Waals surface area contributed by atoms with Gasteiger partial charge in [-0.25, -0.2) is 4.52 Å². The van der Waals surface area contributed by atoms with Crippen LogP contribution in [0.25, 0.3) is 5.65 Å². The van der Waals surface area contributed by atoms with E-state index in [1.807, 2.05) is 12.1 Å². The molecule has 20 heavy (non-hydrogen) atoms. The number of fused-ring (bicyclic) bond motifs is 1. The zero-order valence-electron chi connectivity index (χ0n) is 11.3. The molecular weight excluding hydrogens is 276 g/mol. The lowest BCUT2D eigenvalue weighted by Gasteiger charge is -2.26. The van der Waals surface area contributed by atoms with Gasteiger partial charge in [0.05, 0.1) is 5.02 Å². The summed E-state index contributed by atoms with van der Waals surface area (Å²) in [5.41, 5.74) is 0.805. The number of nitrogens with zero attached hydrogens (tertiary/aromatic N) is 4. The average Bonchev–Trinajstić information content (AvgIpc) is 2.86. The molecule has 3 heterocycles. The standard InChI is InChI=1S/C13H19ClN6/c14-11-2-3-12-17-13(18-20(12)10-11)16-4-1-7-19-8-5-15-6-9-19/h2-3,10,15H,1,4-9H2,(H,16,18). The molecule has 0 aromatic carbocycles. The van der Waals surface area contributed by atoms with Gasteiger partial charge in [0.15, 0.2) is 5.65 Å². The van der Waals surface area contributed by atoms with E-state index >= 15 is 0 Å². The van der Waals surface area contributed by atoms with Crippen LogP contribution >= 0.6 is 11.6 Å². The summed E-state index contributed by atoms with van der Waals surface area (Å²) >= 11 is 5.92. The molecule has 0 bridgehead atoms. The fourth-order valence-electron chi connectivity index (χ4n) is 2.37. The molecule has 0 spiro atoms. The monoisotopic (exact) mass is 294 g/mol. The Morgan fingerprint density at radius 1 is 1.30 bits per heavy atom. The van der Waals surface area contributed by atoms with Crippen LogP contribution in [0.4, 0.5) is 5.95 Å². The second kappa shape index (κ2) is 6.39. The second-order valence-electron chi connectivity index (χ2n) is 4.96. The molecule has 7 heteroatoms. The first kappa shape index (κ1) is 13.6. The molecule has 0 amide bonds. The van der Waals surface area contributed by atoms with Crippen LogP contribution in [0, 0.1) is 0 Å². The average molecular weight is 295 g/mol. The second-order valence-corrected chi connectivity index (χ2v) is 5.39. The quantitative estimate of drug-likeness (QED) is 0.809. The van der Waals surface area contributed by atoms with Gasteiger partial charge in [0, 0.05) is 38.9 Å². The van der Waals surface area contributed by atoms with Gasteiger partial charge in [-0.1, -0.05) is 11.6 Å². The van der Waals surface area contributed by atoms with E-state index in [0.717, 1.165) is 51.3 Å². The van der Waals surface area contributed by atoms with Crippen molar-refractivity contribution >= 4 is 23.2 Å². The Labute approximate surface area is 123 Å². The lowest BCUT2D eigenvalue weighted by molar-refractivity contribution is 0.240. The number of hydrogen-bond acceptors (Lipinski definition) is 5. The number of halogens is 1. The van der Waals surface area contributed by atoms with Crippen molar-refractivity contribution in [3.05, 3.63) is 23.4 Å². The molecule has 1 saturated heterocycles. The van der Waals surface area contributed by atoms with Gasteiger partial charge in [0.25, 0.3) is 0 Å². The third kappa shape index (κ3) is 3.39. The van der Waals surface area contributed by atoms with Gasteiger partial charge >= 0.3 is 0 Å². The van der Waals surface area contributed by atoms with Gasteiger partial charge in [-0.15, -0.1) is 5.10 Å². The molecule has 1 aliphatic rings. The molecule has 2 N–H and O–H groups in total. The molecule has 2 aromatic heterocycles. The summed E-state index contributed by atoms with van der Waals surface area (Å²) in [6.45, 7) is 6.49. The van der Waals surface area contributed by atoms with Gasteiger partial charge < -0.3 is 15.5 Å². The van der Waals surface area contributed by atoms with Crippen LogP contribution in [0.1, 0.15) is 6.42 Å². The van der Waals surface area contributed by atoms with Crippen LogP contribution in [-0.2, 0) is 0 Å². The highest BCUT2D eigenvalue weighted by molar-refractivity contribution is 6.30. The molecule has 3 rings (SSSR count). The summed E-state index contributed by atoms with van der Waals surface area (Å²) in [6, 6.07) is 3.68. The minimum absolute atomic E-state index is 0.660. The minimum Gasteiger partial charge on any atom is -0.353 e. The maximum atomic E-state index is 5.92. The van der Waals surface area contributed by atoms with E-state index in [1.165, 1.54) is 0 Å². The lowest BCUT2D eigenvalue weighted by Crippen LogP contribution is -2.44. The first-order valence-electron chi connectivity index (χ1n) is 7.00. The Morgan fingerprint density at radius 3 is 3.00 bits per heavy atom. The van der Waals surface area contributed by atoms with E-state index < -0.39 is 0 Å². The predicted molar refractivity (Wildman–Crippen MR) is 80.4 cm³/mol. The molecule has 108 valence electrons. The van der Waals surface area contributed by atoms with Crippen molar-refractivity contribution in [2.24, 2.45) is 0 Å². The maximum absolute atomic E-state index is 5.92. The van der Waals surface area contributed by atoms with Crippen molar-refractivity contribution in [2.75, 3.05) is 44.6 Å². The van der Waals surface area contributed by atoms with Crippen molar-refractivity contribution in [3.8, 4) is 0 Å². The predicted octanol–water partition coefficient (Wildman–Crippen LogP) is 1.09. The molecule has 1 aliphatic heterocycles. The number of anilines is 1. The van der Waals surface area contributed by atoms with Crippen molar-refractivity contribution in [3.63, 3.8) is 0 Å². The lowest BCUT2D eigenvalue weighted by atomic mass is 10.3. The Bertz CT molecular complexity index is 563. The number of pyridine rings is 1. The SMILES string of the molecule is Clc1ccc2nc(NCCCN3CCNCC3)nn2c1. The Kier molecular flexibility index (Phi) is 4.34. The minimum atomic E-state index is 0.660. The topological polar surface area (TPSA) is 57.5 Å². The number of rotatable bonds is 5. The summed E-state index contributed by atoms with van der Waals surface area (Å²) in [5.74, 6) is 0.660. The smallest absolute Gasteiger partial charge is 0.243 e. The van der Waals surface area contributed by atoms with Crippen LogP contribution in [0.2, 0.25) is 5.02 Å². The summed E-state index contributed by atoms with van der Waals surface area (Å²) < 4.78 is 1.70. The highest BCUT2D eigenvalue weighted by Gasteiger charge is 2.08. The van der Waals surface area contributed by atoms with Crippen LogP contribution < -0.4 is 10.6 Å². The summed E-state index contributed by atoms with van der Waals surface area (Å²) in [7, 11) is 0. The van der Waals surface area contributed by atoms with Crippen molar-refractivity contribution < 1.29 is 0 Å². The Hall–Kier alpha value is -1.37. The van der Waals surface area contributed by atoms with Gasteiger partial charge in [0.1, 0.15) is 0 Å². The molecule has 0 aliphatic carbocycles. The highest BCUT2D eigenvalue weighted by atomic mass is 35.5. The number of aromatic nitrogens is 3. The molecule has 6 nitrogen and oxygen atoms in total. The molecule has 2 aromatic rings. The van der Waals surface area contributed by atoms with Gasteiger partial charge in [-0.2, -0.15) is 4.98 Å². The third-order valence-corrected chi connectivity index (χ3v) is 3.66. The van der Waals surface area contributed by atoms with Crippen molar-refractivity contribution in [1.29, 1.82) is 0 Å². The van der Waals surface area contributed by atoms with E-state index in [0.29, 0.717) is 11.0 Å². The first-order chi connectivity index (χ1) is 9.81. The fourth-order valence-corrected chi connectivity index (χ4v) is 2.53. The molecule has 0 atom stereocenters. The van der Waals surface area contributed by atoms with E-state index in [4.69, 9.17) is 11.6 Å². The highest BCUT2D eigenvalue weighted by Crippen LogP contribution is 2.11. The van der Waals surface area contributed by atoms with Crippen molar-refractivity contribution in [2.45, 2.75) is 6.42 Å². The van der Waals surface area contributed by atoms with E-state index in [2.05, 4.69) is 25.6 Å². The number of piperazine rings is 1. The Morgan fingerprint density at radius 2 is 2.15 bits per heavy atom. The van der Waals surface area contributed by atoms with Crippen LogP contribution in [0.15, 0.2) is 18.3 Å². The van der Waals surface area contributed by atoms with Crippen LogP contribution in [-0.4, -0.2) is 58.8 Å². The summed E-state index contributed by atoms with van der Waals surface area (Å²) in [5, 5.41) is 11.6. The van der Waals surface area contributed by atoms with Crippen molar-refractivity contribution in [1.82, 2.24) is 24.8 Å². The first-order valence-corrected chi connectivity index (χ1v) is 7.38. The largest absolute Gasteiger partial charge is 0.353 e. The van der Waals surface area contributed by atoms with Gasteiger partial charge in [0.2, 0.25) is 5.95 Å². The molecule has 1 fully saturated rings. The van der Waals surface area contributed by atoms with Crippen LogP contribution in [0.5, 0.6) is 0 Å². The Balaban J connectivity index is 1.47. The third-order valence-electron chi connectivity index (χ3n) is 3.44. The molecular formula is C13H19ClN6. The molecule has 0 radical (unpaired) electrons. The van der Waals surface area contributed by atoms with Crippen LogP contribution in [0.3, 0.4) is 0 Å². The maximum Gasteiger partial charge on any atom is 0.243 e. The van der Waals surface area contributed by atoms with Gasteiger partial charge in [-0.05, 0) is 25.1 Å². The zero-order chi connectivity index (χ0) is 13.8. The van der Waals surface area contributed by atoms with Gasteiger partial charge in [-0.3, -0.25) is 0 Å². The summed E-state index contributed by atoms with van der Waals surface area (Å²) in [6.07, 6.45) is 2.85. The van der Waals surface area contributed by atoms with E-state index in [-0.39, 0.29) is 0 Å². The molecule has 0 saturated carbocycles. The number of nitrogens with one attached hydrogen (secondary N) is 2. The fraction of sp³-hybridized carbons (Fsp3) is 0.538.